The van der Waals surface area contributed by atoms with Gasteiger partial charge in [-0.15, -0.1) is 0 Å². The normalized spacial score (nSPS) is 10.7. The first-order valence-electron chi connectivity index (χ1n) is 9.74. The number of halogens is 3. The number of anilines is 3. The van der Waals surface area contributed by atoms with E-state index >= 15 is 0 Å². The monoisotopic (exact) mass is 474 g/mol. The number of amides is 1. The van der Waals surface area contributed by atoms with Crippen LogP contribution in [0.3, 0.4) is 0 Å². The molecule has 0 spiro atoms. The lowest BCUT2D eigenvalue weighted by Crippen LogP contribution is -2.13. The number of hydrogen-bond acceptors (Lipinski definition) is 4. The smallest absolute Gasteiger partial charge is 0.225 e. The lowest BCUT2D eigenvalue weighted by atomic mass is 9.98. The minimum Gasteiger partial charge on any atom is -0.353 e. The van der Waals surface area contributed by atoms with E-state index in [-0.39, 0.29) is 28.0 Å². The van der Waals surface area contributed by atoms with Gasteiger partial charge in [-0.25, -0.2) is 8.78 Å². The SMILES string of the molecule is CSCCC(=O)Nc1ccc(C)c(C(=O)c2ccc(Nc3ccc(F)cc3F)cc2Cl)c1. The summed E-state index contributed by atoms with van der Waals surface area (Å²) < 4.78 is 27.0. The van der Waals surface area contributed by atoms with E-state index in [1.165, 1.54) is 18.2 Å². The fourth-order valence-corrected chi connectivity index (χ4v) is 3.69. The van der Waals surface area contributed by atoms with Crippen molar-refractivity contribution in [3.63, 3.8) is 0 Å². The van der Waals surface area contributed by atoms with E-state index in [9.17, 15) is 18.4 Å². The highest BCUT2D eigenvalue weighted by Gasteiger charge is 2.17. The van der Waals surface area contributed by atoms with Crippen LogP contribution in [0.4, 0.5) is 25.8 Å². The average Bonchev–Trinajstić information content (AvgIpc) is 2.75. The first kappa shape index (κ1) is 23.8. The summed E-state index contributed by atoms with van der Waals surface area (Å²) in [6.07, 6.45) is 2.31. The number of ketones is 1. The maximum Gasteiger partial charge on any atom is 0.225 e. The van der Waals surface area contributed by atoms with Crippen molar-refractivity contribution in [2.24, 2.45) is 0 Å². The number of nitrogens with one attached hydrogen (secondary N) is 2. The van der Waals surface area contributed by atoms with E-state index in [4.69, 9.17) is 11.6 Å². The second-order valence-electron chi connectivity index (χ2n) is 7.09. The van der Waals surface area contributed by atoms with Crippen LogP contribution < -0.4 is 10.6 Å². The lowest BCUT2D eigenvalue weighted by molar-refractivity contribution is -0.115. The fraction of sp³-hybridized carbons (Fsp3) is 0.167. The summed E-state index contributed by atoms with van der Waals surface area (Å²) in [4.78, 5) is 25.1. The maximum atomic E-state index is 13.9. The predicted octanol–water partition coefficient (Wildman–Crippen LogP) is 6.59. The molecule has 0 aliphatic carbocycles. The number of benzene rings is 3. The summed E-state index contributed by atoms with van der Waals surface area (Å²) in [6, 6.07) is 13.0. The summed E-state index contributed by atoms with van der Waals surface area (Å²) in [6.45, 7) is 1.80. The van der Waals surface area contributed by atoms with E-state index in [0.29, 0.717) is 29.1 Å². The van der Waals surface area contributed by atoms with Crippen LogP contribution in [0.2, 0.25) is 5.02 Å². The van der Waals surface area contributed by atoms with Gasteiger partial charge in [0, 0.05) is 40.7 Å². The van der Waals surface area contributed by atoms with Gasteiger partial charge >= 0.3 is 0 Å². The molecule has 0 aliphatic rings. The first-order chi connectivity index (χ1) is 15.3. The van der Waals surface area contributed by atoms with Crippen molar-refractivity contribution in [2.45, 2.75) is 13.3 Å². The van der Waals surface area contributed by atoms with Crippen LogP contribution in [-0.2, 0) is 4.79 Å². The zero-order valence-electron chi connectivity index (χ0n) is 17.5. The summed E-state index contributed by atoms with van der Waals surface area (Å²) in [7, 11) is 0. The van der Waals surface area contributed by atoms with Crippen LogP contribution in [0.5, 0.6) is 0 Å². The predicted molar refractivity (Wildman–Crippen MR) is 127 cm³/mol. The summed E-state index contributed by atoms with van der Waals surface area (Å²) in [5.74, 6) is -1.13. The van der Waals surface area contributed by atoms with E-state index < -0.39 is 11.6 Å². The highest BCUT2D eigenvalue weighted by molar-refractivity contribution is 7.98. The number of hydrogen-bond donors (Lipinski definition) is 2. The quantitative estimate of drug-likeness (QED) is 0.361. The van der Waals surface area contributed by atoms with Crippen molar-refractivity contribution in [3.8, 4) is 0 Å². The third-order valence-corrected chi connectivity index (χ3v) is 5.65. The van der Waals surface area contributed by atoms with Gasteiger partial charge in [-0.3, -0.25) is 9.59 Å². The van der Waals surface area contributed by atoms with Crippen LogP contribution in [0, 0.1) is 18.6 Å². The molecule has 3 aromatic carbocycles. The van der Waals surface area contributed by atoms with E-state index in [1.807, 2.05) is 6.26 Å². The van der Waals surface area contributed by atoms with E-state index in [1.54, 1.807) is 43.0 Å². The Kier molecular flexibility index (Phi) is 7.88. The number of carbonyl (C=O) groups is 2. The molecule has 0 unspecified atom stereocenters. The molecule has 8 heteroatoms. The van der Waals surface area contributed by atoms with Gasteiger partial charge in [0.15, 0.2) is 5.78 Å². The van der Waals surface area contributed by atoms with Gasteiger partial charge in [-0.2, -0.15) is 11.8 Å². The molecule has 0 heterocycles. The minimum absolute atomic E-state index is 0.0855. The van der Waals surface area contributed by atoms with Gasteiger partial charge in [0.05, 0.1) is 10.7 Å². The van der Waals surface area contributed by atoms with Crippen LogP contribution >= 0.6 is 23.4 Å². The van der Waals surface area contributed by atoms with Crippen molar-refractivity contribution in [1.29, 1.82) is 0 Å². The summed E-state index contributed by atoms with van der Waals surface area (Å²) in [5.41, 5.74) is 2.49. The second kappa shape index (κ2) is 10.6. The topological polar surface area (TPSA) is 58.2 Å². The van der Waals surface area contributed by atoms with Gasteiger partial charge in [0.25, 0.3) is 0 Å². The largest absolute Gasteiger partial charge is 0.353 e. The summed E-state index contributed by atoms with van der Waals surface area (Å²) in [5, 5.41) is 5.80. The molecule has 0 aliphatic heterocycles. The number of aryl methyl sites for hydroxylation is 1. The highest BCUT2D eigenvalue weighted by Crippen LogP contribution is 2.28. The Morgan fingerprint density at radius 1 is 0.969 bits per heavy atom. The Balaban J connectivity index is 1.81. The Bertz CT molecular complexity index is 1170. The Morgan fingerprint density at radius 2 is 1.72 bits per heavy atom. The van der Waals surface area contributed by atoms with Crippen LogP contribution in [0.15, 0.2) is 54.6 Å². The molecule has 0 atom stereocenters. The van der Waals surface area contributed by atoms with Gasteiger partial charge in [-0.05, 0) is 61.2 Å². The molecular formula is C24H21ClF2N2O2S. The van der Waals surface area contributed by atoms with Crippen molar-refractivity contribution in [1.82, 2.24) is 0 Å². The van der Waals surface area contributed by atoms with Gasteiger partial charge in [-0.1, -0.05) is 17.7 Å². The third kappa shape index (κ3) is 5.87. The minimum atomic E-state index is -0.742. The summed E-state index contributed by atoms with van der Waals surface area (Å²) >= 11 is 7.93. The molecule has 3 rings (SSSR count). The lowest BCUT2D eigenvalue weighted by Gasteiger charge is -2.12. The van der Waals surface area contributed by atoms with Crippen LogP contribution in [0.1, 0.15) is 27.9 Å². The molecule has 0 saturated heterocycles. The standard InChI is InChI=1S/C24H21ClF2N2O2S/c1-14-3-5-16(29-23(30)9-10-32-2)12-19(14)24(31)18-7-6-17(13-20(18)25)28-22-8-4-15(26)11-21(22)27/h3-8,11-13,28H,9-10H2,1-2H3,(H,29,30). The molecule has 166 valence electrons. The zero-order valence-corrected chi connectivity index (χ0v) is 19.0. The fourth-order valence-electron chi connectivity index (χ4n) is 3.03. The third-order valence-electron chi connectivity index (χ3n) is 4.72. The van der Waals surface area contributed by atoms with Crippen LogP contribution in [0.25, 0.3) is 0 Å². The average molecular weight is 475 g/mol. The Hall–Kier alpha value is -2.90. The molecule has 0 radical (unpaired) electrons. The zero-order chi connectivity index (χ0) is 23.3. The van der Waals surface area contributed by atoms with Crippen molar-refractivity contribution >= 4 is 52.1 Å². The maximum absolute atomic E-state index is 13.9. The molecule has 1 amide bonds. The highest BCUT2D eigenvalue weighted by atomic mass is 35.5. The van der Waals surface area contributed by atoms with Crippen molar-refractivity contribution in [3.05, 3.63) is 87.9 Å². The van der Waals surface area contributed by atoms with Crippen LogP contribution in [-0.4, -0.2) is 23.7 Å². The molecule has 0 aromatic heterocycles. The van der Waals surface area contributed by atoms with Crippen molar-refractivity contribution in [2.75, 3.05) is 22.6 Å². The Labute approximate surface area is 194 Å². The second-order valence-corrected chi connectivity index (χ2v) is 8.49. The number of carbonyl (C=O) groups excluding carboxylic acids is 2. The molecule has 4 nitrogen and oxygen atoms in total. The number of thioether (sulfide) groups is 1. The van der Waals surface area contributed by atoms with E-state index in [0.717, 1.165) is 17.7 Å². The van der Waals surface area contributed by atoms with Gasteiger partial charge in [0.1, 0.15) is 11.6 Å². The molecular weight excluding hydrogens is 454 g/mol. The van der Waals surface area contributed by atoms with Gasteiger partial charge < -0.3 is 10.6 Å². The van der Waals surface area contributed by atoms with E-state index in [2.05, 4.69) is 10.6 Å². The molecule has 3 aromatic rings. The molecule has 0 bridgehead atoms. The molecule has 0 fully saturated rings. The first-order valence-corrected chi connectivity index (χ1v) is 11.5. The Morgan fingerprint density at radius 3 is 2.41 bits per heavy atom. The molecule has 32 heavy (non-hydrogen) atoms. The molecule has 2 N–H and O–H groups in total. The molecule has 0 saturated carbocycles. The van der Waals surface area contributed by atoms with Crippen molar-refractivity contribution < 1.29 is 18.4 Å². The number of rotatable bonds is 8. The van der Waals surface area contributed by atoms with Gasteiger partial charge in [0.2, 0.25) is 5.91 Å².